The predicted molar refractivity (Wildman–Crippen MR) is 174 cm³/mol. The van der Waals surface area contributed by atoms with E-state index in [2.05, 4.69) is 41.3 Å². The number of aldehydes is 1. The van der Waals surface area contributed by atoms with E-state index in [1.54, 1.807) is 23.6 Å². The number of carbonyl (C=O) groups is 2. The van der Waals surface area contributed by atoms with E-state index in [1.807, 2.05) is 70.0 Å². The standard InChI is InChI=1S/C26H28N4O2S.C3H8.2C2H6/c1-27-26-21(6-4-5-15-31)16-20(18-28-26)9-10-25(32)30-13-11-19(12-14-30)17-24-29-22-7-2-3-8-23(22)33-24;1-3-2;2*1-2/h2-3,7-10,15-18H,4-6,11-14H2,1H3,(H,27,28);3H2,1-2H3;2*1-2H3/b10-9+;;;. The maximum absolute atomic E-state index is 12.7. The fourth-order valence-corrected chi connectivity index (χ4v) is 4.93. The number of hydrogen-bond donors (Lipinski definition) is 1. The smallest absolute Gasteiger partial charge is 0.246 e. The summed E-state index contributed by atoms with van der Waals surface area (Å²) in [5, 5.41) is 4.12. The number of thiazole rings is 1. The number of carbonyl (C=O) groups excluding carboxylic acids is 2. The van der Waals surface area contributed by atoms with E-state index in [0.717, 1.165) is 59.4 Å². The number of likely N-dealkylation sites (tertiary alicyclic amines) is 1. The van der Waals surface area contributed by atoms with Gasteiger partial charge in [-0.25, -0.2) is 9.97 Å². The normalized spacial score (nSPS) is 12.4. The molecule has 0 saturated carbocycles. The van der Waals surface area contributed by atoms with Crippen LogP contribution in [0.3, 0.4) is 0 Å². The van der Waals surface area contributed by atoms with E-state index in [1.165, 1.54) is 16.7 Å². The first-order valence-electron chi connectivity index (χ1n) is 14.7. The third kappa shape index (κ3) is 11.4. The van der Waals surface area contributed by atoms with E-state index >= 15 is 0 Å². The maximum Gasteiger partial charge on any atom is 0.246 e. The molecule has 3 aromatic rings. The van der Waals surface area contributed by atoms with Crippen LogP contribution >= 0.6 is 11.3 Å². The molecule has 40 heavy (non-hydrogen) atoms. The molecule has 1 aromatic carbocycles. The molecular formula is C33H48N4O2S. The molecule has 0 unspecified atom stereocenters. The fourth-order valence-electron chi connectivity index (χ4n) is 3.97. The van der Waals surface area contributed by atoms with Crippen molar-refractivity contribution in [3.05, 3.63) is 64.3 Å². The van der Waals surface area contributed by atoms with Crippen LogP contribution in [0.4, 0.5) is 5.82 Å². The second-order valence-electron chi connectivity index (χ2n) is 8.77. The molecule has 0 aliphatic carbocycles. The van der Waals surface area contributed by atoms with E-state index < -0.39 is 0 Å². The molecule has 0 spiro atoms. The van der Waals surface area contributed by atoms with Crippen molar-refractivity contribution >= 4 is 51.7 Å². The van der Waals surface area contributed by atoms with Crippen LogP contribution < -0.4 is 5.32 Å². The summed E-state index contributed by atoms with van der Waals surface area (Å²) in [6.45, 7) is 13.7. The third-order valence-electron chi connectivity index (χ3n) is 5.77. The van der Waals surface area contributed by atoms with Crippen LogP contribution in [0.25, 0.3) is 22.4 Å². The van der Waals surface area contributed by atoms with Crippen molar-refractivity contribution in [1.29, 1.82) is 0 Å². The van der Waals surface area contributed by atoms with Gasteiger partial charge in [0, 0.05) is 38.8 Å². The van der Waals surface area contributed by atoms with Gasteiger partial charge in [-0.3, -0.25) is 4.79 Å². The van der Waals surface area contributed by atoms with Crippen LogP contribution in [0, 0.1) is 0 Å². The topological polar surface area (TPSA) is 75.2 Å². The number of unbranched alkanes of at least 4 members (excludes halogenated alkanes) is 1. The number of nitrogens with one attached hydrogen (secondary N) is 1. The second kappa shape index (κ2) is 20.6. The molecule has 0 radical (unpaired) electrons. The zero-order valence-electron chi connectivity index (χ0n) is 25.5. The van der Waals surface area contributed by atoms with Gasteiger partial charge in [-0.05, 0) is 67.2 Å². The number of aryl methyl sites for hydroxylation is 1. The Morgan fingerprint density at radius 1 is 1.10 bits per heavy atom. The van der Waals surface area contributed by atoms with Crippen LogP contribution in [0.15, 0.2) is 48.2 Å². The first-order chi connectivity index (χ1) is 19.6. The van der Waals surface area contributed by atoms with Crippen LogP contribution in [0.1, 0.15) is 89.8 Å². The molecule has 6 nitrogen and oxygen atoms in total. The molecule has 1 amide bonds. The van der Waals surface area contributed by atoms with Gasteiger partial charge in [-0.15, -0.1) is 11.3 Å². The van der Waals surface area contributed by atoms with Gasteiger partial charge < -0.3 is 15.0 Å². The lowest BCUT2D eigenvalue weighted by molar-refractivity contribution is -0.126. The summed E-state index contributed by atoms with van der Waals surface area (Å²) in [6.07, 6.45) is 13.4. The largest absolute Gasteiger partial charge is 0.373 e. The predicted octanol–water partition coefficient (Wildman–Crippen LogP) is 8.44. The lowest BCUT2D eigenvalue weighted by Gasteiger charge is -2.27. The summed E-state index contributed by atoms with van der Waals surface area (Å²) in [5.41, 5.74) is 4.32. The summed E-state index contributed by atoms with van der Waals surface area (Å²) in [6, 6.07) is 10.2. The highest BCUT2D eigenvalue weighted by Gasteiger charge is 2.17. The average Bonchev–Trinajstić information content (AvgIpc) is 3.41. The Kier molecular flexibility index (Phi) is 17.8. The third-order valence-corrected chi connectivity index (χ3v) is 6.75. The fraction of sp³-hybridized carbons (Fsp3) is 0.455. The Morgan fingerprint density at radius 2 is 1.77 bits per heavy atom. The minimum atomic E-state index is 0.0224. The summed E-state index contributed by atoms with van der Waals surface area (Å²) in [7, 11) is 1.83. The Morgan fingerprint density at radius 3 is 2.40 bits per heavy atom. The SMILES string of the molecule is CC.CC.CCC.CNc1ncc(/C=C/C(=O)N2CCC(=Cc3nc4ccccc4s3)CC2)cc1CCCC=O. The summed E-state index contributed by atoms with van der Waals surface area (Å²) >= 11 is 1.71. The Hall–Kier alpha value is -3.32. The van der Waals surface area contributed by atoms with Crippen molar-refractivity contribution in [2.75, 3.05) is 25.5 Å². The summed E-state index contributed by atoms with van der Waals surface area (Å²) in [4.78, 5) is 34.3. The van der Waals surface area contributed by atoms with Crippen molar-refractivity contribution < 1.29 is 9.59 Å². The molecule has 0 bridgehead atoms. The molecule has 1 N–H and O–H groups in total. The van der Waals surface area contributed by atoms with E-state index in [-0.39, 0.29) is 5.91 Å². The number of rotatable bonds is 8. The van der Waals surface area contributed by atoms with E-state index in [9.17, 15) is 9.59 Å². The van der Waals surface area contributed by atoms with Gasteiger partial charge in [0.2, 0.25) is 5.91 Å². The highest BCUT2D eigenvalue weighted by atomic mass is 32.1. The van der Waals surface area contributed by atoms with Crippen LogP contribution in [-0.2, 0) is 16.0 Å². The number of pyridine rings is 1. The Labute approximate surface area is 245 Å². The number of nitrogens with zero attached hydrogens (tertiary/aromatic N) is 3. The highest BCUT2D eigenvalue weighted by molar-refractivity contribution is 7.19. The molecule has 1 fully saturated rings. The molecule has 1 saturated heterocycles. The van der Waals surface area contributed by atoms with Crippen molar-refractivity contribution in [3.63, 3.8) is 0 Å². The minimum Gasteiger partial charge on any atom is -0.373 e. The molecule has 3 heterocycles. The van der Waals surface area contributed by atoms with Gasteiger partial charge in [0.1, 0.15) is 17.1 Å². The molecule has 0 atom stereocenters. The van der Waals surface area contributed by atoms with E-state index in [0.29, 0.717) is 19.5 Å². The number of hydrogen-bond acceptors (Lipinski definition) is 6. The van der Waals surface area contributed by atoms with Crippen LogP contribution in [-0.4, -0.2) is 47.2 Å². The minimum absolute atomic E-state index is 0.0224. The first-order valence-corrected chi connectivity index (χ1v) is 15.5. The first kappa shape index (κ1) is 34.7. The zero-order chi connectivity index (χ0) is 29.8. The number of aromatic nitrogens is 2. The van der Waals surface area contributed by atoms with Crippen LogP contribution in [0.5, 0.6) is 0 Å². The number of para-hydroxylation sites is 1. The van der Waals surface area contributed by atoms with E-state index in [4.69, 9.17) is 0 Å². The molecule has 4 rings (SSSR count). The highest BCUT2D eigenvalue weighted by Crippen LogP contribution is 2.26. The molecular weight excluding hydrogens is 516 g/mol. The quantitative estimate of drug-likeness (QED) is 0.169. The maximum atomic E-state index is 12.7. The van der Waals surface area contributed by atoms with Crippen LogP contribution in [0.2, 0.25) is 0 Å². The lowest BCUT2D eigenvalue weighted by Crippen LogP contribution is -2.35. The van der Waals surface area contributed by atoms with Crippen molar-refractivity contribution in [3.8, 4) is 0 Å². The molecule has 7 heteroatoms. The lowest BCUT2D eigenvalue weighted by atomic mass is 10.0. The van der Waals surface area contributed by atoms with Gasteiger partial charge in [-0.1, -0.05) is 65.7 Å². The number of amides is 1. The molecule has 2 aromatic heterocycles. The van der Waals surface area contributed by atoms with Crippen molar-refractivity contribution in [1.82, 2.24) is 14.9 Å². The molecule has 218 valence electrons. The number of piperidine rings is 1. The second-order valence-corrected chi connectivity index (χ2v) is 9.84. The number of benzene rings is 1. The monoisotopic (exact) mass is 564 g/mol. The number of anilines is 1. The van der Waals surface area contributed by atoms with Gasteiger partial charge in [0.25, 0.3) is 0 Å². The van der Waals surface area contributed by atoms with Crippen molar-refractivity contribution in [2.45, 2.75) is 80.1 Å². The van der Waals surface area contributed by atoms with Crippen molar-refractivity contribution in [2.24, 2.45) is 0 Å². The Balaban J connectivity index is 0.00000105. The summed E-state index contributed by atoms with van der Waals surface area (Å²) in [5.74, 6) is 0.835. The van der Waals surface area contributed by atoms with Gasteiger partial charge in [0.05, 0.1) is 10.2 Å². The van der Waals surface area contributed by atoms with Gasteiger partial charge in [-0.2, -0.15) is 0 Å². The summed E-state index contributed by atoms with van der Waals surface area (Å²) < 4.78 is 1.20. The molecule has 1 aliphatic rings. The number of fused-ring (bicyclic) bond motifs is 1. The van der Waals surface area contributed by atoms with Gasteiger partial charge in [0.15, 0.2) is 0 Å². The Bertz CT molecular complexity index is 1170. The van der Waals surface area contributed by atoms with Gasteiger partial charge >= 0.3 is 0 Å². The zero-order valence-corrected chi connectivity index (χ0v) is 26.3. The molecule has 1 aliphatic heterocycles. The average molecular weight is 565 g/mol.